The van der Waals surface area contributed by atoms with Crippen LogP contribution in [0.4, 0.5) is 4.39 Å². The first-order chi connectivity index (χ1) is 16.6. The largest absolute Gasteiger partial charge is 0.483 e. The number of rotatable bonds is 4. The Hall–Kier alpha value is -3.30. The number of piperidine rings is 1. The van der Waals surface area contributed by atoms with Crippen LogP contribution >= 0.6 is 0 Å². The Morgan fingerprint density at radius 2 is 1.74 bits per heavy atom. The van der Waals surface area contributed by atoms with E-state index in [2.05, 4.69) is 17.0 Å². The van der Waals surface area contributed by atoms with Crippen molar-refractivity contribution in [2.24, 2.45) is 0 Å². The van der Waals surface area contributed by atoms with Crippen LogP contribution in [0.15, 0.2) is 54.9 Å². The molecule has 34 heavy (non-hydrogen) atoms. The first kappa shape index (κ1) is 23.8. The van der Waals surface area contributed by atoms with Crippen molar-refractivity contribution in [3.8, 4) is 0 Å². The van der Waals surface area contributed by atoms with Crippen molar-refractivity contribution in [1.82, 2.24) is 19.2 Å². The number of imidazole rings is 1. The number of pyridine rings is 1. The van der Waals surface area contributed by atoms with Crippen LogP contribution in [-0.4, -0.2) is 82.6 Å². The average molecular weight is 469 g/mol. The summed E-state index contributed by atoms with van der Waals surface area (Å²) in [6.07, 6.45) is 4.98. The second-order valence-corrected chi connectivity index (χ2v) is 8.56. The summed E-state index contributed by atoms with van der Waals surface area (Å²) in [5.74, 6) is -0.102. The third kappa shape index (κ3) is 5.10. The minimum atomic E-state index is -0.292. The molecule has 9 heteroatoms. The standard InChI is InChI=1S/C24H27FN4O2.CH2O2/c25-20-6-7-22-26-21(17-29(22)16-20)24(19-4-2-1-3-5-19)8-10-28(11-9-24)23(30)18-27-12-14-31-15-13-27;2-1-3/h1-7,16-17H,8-15,18H2;1H,(H,2,3). The minimum absolute atomic E-state index is 0.181. The molecular weight excluding hydrogens is 439 g/mol. The monoisotopic (exact) mass is 468 g/mol. The molecule has 8 nitrogen and oxygen atoms in total. The molecule has 1 aromatic carbocycles. The van der Waals surface area contributed by atoms with Crippen LogP contribution in [-0.2, 0) is 19.7 Å². The van der Waals surface area contributed by atoms with Gasteiger partial charge in [-0.1, -0.05) is 30.3 Å². The summed E-state index contributed by atoms with van der Waals surface area (Å²) < 4.78 is 20.9. The van der Waals surface area contributed by atoms with E-state index < -0.39 is 0 Å². The molecule has 180 valence electrons. The van der Waals surface area contributed by atoms with Gasteiger partial charge in [0.25, 0.3) is 6.47 Å². The summed E-state index contributed by atoms with van der Waals surface area (Å²) in [7, 11) is 0. The molecule has 2 aliphatic rings. The average Bonchev–Trinajstić information content (AvgIpc) is 3.29. The third-order valence-electron chi connectivity index (χ3n) is 6.66. The SMILES string of the molecule is O=C(CN1CCOCC1)N1CCC(c2ccccc2)(c2cn3cc(F)ccc3n2)CC1.O=CO. The second-order valence-electron chi connectivity index (χ2n) is 8.56. The summed E-state index contributed by atoms with van der Waals surface area (Å²) in [6.45, 7) is 4.57. The fourth-order valence-corrected chi connectivity index (χ4v) is 4.83. The fraction of sp³-hybridized carbons (Fsp3) is 0.400. The number of aromatic nitrogens is 2. The molecule has 0 saturated carbocycles. The lowest BCUT2D eigenvalue weighted by molar-refractivity contribution is -0.135. The number of halogens is 1. The van der Waals surface area contributed by atoms with Gasteiger partial charge in [0, 0.05) is 44.0 Å². The van der Waals surface area contributed by atoms with Crippen LogP contribution in [0.25, 0.3) is 5.65 Å². The normalized spacial score (nSPS) is 18.2. The van der Waals surface area contributed by atoms with Crippen molar-refractivity contribution in [2.75, 3.05) is 45.9 Å². The maximum atomic E-state index is 13.7. The topological polar surface area (TPSA) is 87.4 Å². The maximum Gasteiger partial charge on any atom is 0.290 e. The molecule has 1 amide bonds. The Labute approximate surface area is 197 Å². The van der Waals surface area contributed by atoms with Gasteiger partial charge >= 0.3 is 0 Å². The van der Waals surface area contributed by atoms with Gasteiger partial charge in [-0.2, -0.15) is 0 Å². The summed E-state index contributed by atoms with van der Waals surface area (Å²) in [6, 6.07) is 13.5. The second kappa shape index (κ2) is 10.8. The van der Waals surface area contributed by atoms with E-state index in [9.17, 15) is 9.18 Å². The number of hydrogen-bond donors (Lipinski definition) is 1. The molecule has 0 unspecified atom stereocenters. The van der Waals surface area contributed by atoms with Crippen molar-refractivity contribution in [3.63, 3.8) is 0 Å². The van der Waals surface area contributed by atoms with Crippen molar-refractivity contribution in [3.05, 3.63) is 71.9 Å². The van der Waals surface area contributed by atoms with Gasteiger partial charge in [0.05, 0.1) is 25.5 Å². The number of carbonyl (C=O) groups excluding carboxylic acids is 1. The lowest BCUT2D eigenvalue weighted by atomic mass is 9.70. The molecule has 2 aromatic heterocycles. The van der Waals surface area contributed by atoms with Gasteiger partial charge in [-0.05, 0) is 30.5 Å². The first-order valence-electron chi connectivity index (χ1n) is 11.4. The van der Waals surface area contributed by atoms with Crippen LogP contribution in [0.2, 0.25) is 0 Å². The number of ether oxygens (including phenoxy) is 1. The van der Waals surface area contributed by atoms with E-state index in [4.69, 9.17) is 19.6 Å². The molecule has 2 aliphatic heterocycles. The van der Waals surface area contributed by atoms with E-state index >= 15 is 0 Å². The number of fused-ring (bicyclic) bond motifs is 1. The Morgan fingerprint density at radius 3 is 2.41 bits per heavy atom. The molecule has 0 radical (unpaired) electrons. The lowest BCUT2D eigenvalue weighted by Crippen LogP contribution is -2.50. The predicted molar refractivity (Wildman–Crippen MR) is 124 cm³/mol. The summed E-state index contributed by atoms with van der Waals surface area (Å²) in [5, 5.41) is 6.89. The van der Waals surface area contributed by atoms with E-state index in [0.29, 0.717) is 32.8 Å². The van der Waals surface area contributed by atoms with Crippen LogP contribution in [0.5, 0.6) is 0 Å². The Morgan fingerprint density at radius 1 is 1.06 bits per heavy atom. The van der Waals surface area contributed by atoms with Crippen LogP contribution in [0.3, 0.4) is 0 Å². The zero-order valence-electron chi connectivity index (χ0n) is 19.0. The molecule has 2 saturated heterocycles. The highest BCUT2D eigenvalue weighted by molar-refractivity contribution is 5.78. The van der Waals surface area contributed by atoms with E-state index in [0.717, 1.165) is 37.3 Å². The van der Waals surface area contributed by atoms with Crippen molar-refractivity contribution < 1.29 is 23.8 Å². The minimum Gasteiger partial charge on any atom is -0.483 e. The molecule has 0 aliphatic carbocycles. The quantitative estimate of drug-likeness (QED) is 0.592. The number of likely N-dealkylation sites (tertiary alicyclic amines) is 1. The van der Waals surface area contributed by atoms with Crippen molar-refractivity contribution >= 4 is 18.0 Å². The van der Waals surface area contributed by atoms with E-state index in [1.54, 1.807) is 10.5 Å². The van der Waals surface area contributed by atoms with Gasteiger partial charge in [-0.25, -0.2) is 9.37 Å². The molecule has 1 N–H and O–H groups in total. The number of amides is 1. The number of carboxylic acid groups (broad SMARTS) is 1. The third-order valence-corrected chi connectivity index (χ3v) is 6.66. The number of morpholine rings is 1. The van der Waals surface area contributed by atoms with Gasteiger partial charge in [0.2, 0.25) is 5.91 Å². The molecule has 3 aromatic rings. The van der Waals surface area contributed by atoms with Crippen LogP contribution in [0.1, 0.15) is 24.1 Å². The molecule has 0 spiro atoms. The Balaban J connectivity index is 0.000000868. The maximum absolute atomic E-state index is 13.7. The van der Waals surface area contributed by atoms with Crippen molar-refractivity contribution in [1.29, 1.82) is 0 Å². The zero-order valence-corrected chi connectivity index (χ0v) is 19.0. The van der Waals surface area contributed by atoms with Crippen LogP contribution < -0.4 is 0 Å². The molecule has 0 bridgehead atoms. The van der Waals surface area contributed by atoms with Gasteiger partial charge in [-0.15, -0.1) is 0 Å². The zero-order chi connectivity index (χ0) is 24.0. The van der Waals surface area contributed by atoms with E-state index in [1.165, 1.54) is 17.8 Å². The van der Waals surface area contributed by atoms with Gasteiger partial charge in [-0.3, -0.25) is 14.5 Å². The summed E-state index contributed by atoms with van der Waals surface area (Å²) >= 11 is 0. The Kier molecular flexibility index (Phi) is 7.54. The molecule has 5 rings (SSSR count). The smallest absolute Gasteiger partial charge is 0.290 e. The van der Waals surface area contributed by atoms with Gasteiger partial charge < -0.3 is 19.1 Å². The van der Waals surface area contributed by atoms with Gasteiger partial charge in [0.1, 0.15) is 11.5 Å². The molecule has 4 heterocycles. The number of hydrogen-bond acceptors (Lipinski definition) is 5. The molecular formula is C25H29FN4O4. The highest BCUT2D eigenvalue weighted by Gasteiger charge is 2.41. The Bertz CT molecular complexity index is 1110. The van der Waals surface area contributed by atoms with E-state index in [1.807, 2.05) is 29.3 Å². The number of nitrogens with zero attached hydrogens (tertiary/aromatic N) is 4. The van der Waals surface area contributed by atoms with E-state index in [-0.39, 0.29) is 23.6 Å². The van der Waals surface area contributed by atoms with Crippen molar-refractivity contribution in [2.45, 2.75) is 18.3 Å². The summed E-state index contributed by atoms with van der Waals surface area (Å²) in [4.78, 5) is 30.3. The molecule has 2 fully saturated rings. The number of carbonyl (C=O) groups is 2. The van der Waals surface area contributed by atoms with Gasteiger partial charge in [0.15, 0.2) is 0 Å². The van der Waals surface area contributed by atoms with Crippen LogP contribution in [0, 0.1) is 5.82 Å². The number of benzene rings is 1. The molecule has 0 atom stereocenters. The predicted octanol–water partition coefficient (Wildman–Crippen LogP) is 2.41. The highest BCUT2D eigenvalue weighted by atomic mass is 19.1. The lowest BCUT2D eigenvalue weighted by Gasteiger charge is -2.42. The first-order valence-corrected chi connectivity index (χ1v) is 11.4. The highest BCUT2D eigenvalue weighted by Crippen LogP contribution is 2.41. The fourth-order valence-electron chi connectivity index (χ4n) is 4.83. The summed E-state index contributed by atoms with van der Waals surface area (Å²) in [5.41, 5.74) is 2.57.